The molecule has 2 aromatic rings. The Bertz CT molecular complexity index is 606. The average molecular weight is 311 g/mol. The Labute approximate surface area is 109 Å². The number of nitrogens with two attached hydrogens (primary N) is 1. The molecule has 0 unspecified atom stereocenters. The van der Waals surface area contributed by atoms with Crippen molar-refractivity contribution in [1.29, 1.82) is 0 Å². The number of primary amides is 1. The zero-order chi connectivity index (χ0) is 13.3. The van der Waals surface area contributed by atoms with Crippen LogP contribution in [0.1, 0.15) is 10.5 Å². The molecule has 7 nitrogen and oxygen atoms in total. The zero-order valence-corrected chi connectivity index (χ0v) is 10.5. The van der Waals surface area contributed by atoms with Crippen molar-refractivity contribution in [3.05, 3.63) is 50.7 Å². The van der Waals surface area contributed by atoms with Crippen LogP contribution in [-0.4, -0.2) is 20.6 Å². The summed E-state index contributed by atoms with van der Waals surface area (Å²) in [5, 5.41) is 14.6. The third kappa shape index (κ3) is 2.23. The van der Waals surface area contributed by atoms with E-state index in [9.17, 15) is 14.9 Å². The van der Waals surface area contributed by atoms with Gasteiger partial charge < -0.3 is 5.73 Å². The Morgan fingerprint density at radius 1 is 1.50 bits per heavy atom. The Balaban J connectivity index is 2.57. The van der Waals surface area contributed by atoms with Crippen LogP contribution in [0.3, 0.4) is 0 Å². The lowest BCUT2D eigenvalue weighted by Gasteiger charge is -1.99. The predicted octanol–water partition coefficient (Wildman–Crippen LogP) is 1.64. The molecule has 1 aromatic heterocycles. The number of nitro groups is 1. The molecule has 92 valence electrons. The molecular weight excluding hydrogens is 304 g/mol. The maximum Gasteiger partial charge on any atom is 0.320 e. The predicted molar refractivity (Wildman–Crippen MR) is 66.4 cm³/mol. The quantitative estimate of drug-likeness (QED) is 0.687. The number of hydrogen-bond donors (Lipinski definition) is 1. The molecule has 0 aliphatic rings. The number of carbonyl (C=O) groups excluding carboxylic acids is 1. The molecule has 0 bridgehead atoms. The molecule has 0 radical (unpaired) electrons. The molecule has 18 heavy (non-hydrogen) atoms. The highest BCUT2D eigenvalue weighted by Crippen LogP contribution is 2.21. The number of benzene rings is 1. The topological polar surface area (TPSA) is 104 Å². The monoisotopic (exact) mass is 310 g/mol. The first-order chi connectivity index (χ1) is 8.49. The molecule has 0 saturated carbocycles. The third-order valence-electron chi connectivity index (χ3n) is 2.20. The highest BCUT2D eigenvalue weighted by molar-refractivity contribution is 9.10. The van der Waals surface area contributed by atoms with Gasteiger partial charge in [-0.1, -0.05) is 22.0 Å². The second-order valence-electron chi connectivity index (χ2n) is 3.41. The second-order valence-corrected chi connectivity index (χ2v) is 4.32. The van der Waals surface area contributed by atoms with E-state index in [1.54, 1.807) is 24.3 Å². The molecule has 1 aromatic carbocycles. The summed E-state index contributed by atoms with van der Waals surface area (Å²) in [5.41, 5.74) is 4.85. The summed E-state index contributed by atoms with van der Waals surface area (Å²) in [6.07, 6.45) is 1.15. The highest BCUT2D eigenvalue weighted by atomic mass is 79.9. The van der Waals surface area contributed by atoms with Crippen LogP contribution in [0, 0.1) is 10.1 Å². The van der Waals surface area contributed by atoms with Gasteiger partial charge in [0.25, 0.3) is 5.91 Å². The second kappa shape index (κ2) is 4.57. The van der Waals surface area contributed by atoms with E-state index in [0.29, 0.717) is 5.69 Å². The van der Waals surface area contributed by atoms with Crippen LogP contribution < -0.4 is 5.73 Å². The number of rotatable bonds is 3. The number of halogens is 1. The van der Waals surface area contributed by atoms with E-state index in [4.69, 9.17) is 5.73 Å². The van der Waals surface area contributed by atoms with Gasteiger partial charge in [-0.05, 0) is 18.2 Å². The maximum absolute atomic E-state index is 11.1. The van der Waals surface area contributed by atoms with Crippen LogP contribution in [0.15, 0.2) is 34.9 Å². The first kappa shape index (κ1) is 12.2. The van der Waals surface area contributed by atoms with Gasteiger partial charge in [-0.2, -0.15) is 5.10 Å². The first-order valence-electron chi connectivity index (χ1n) is 4.79. The number of amides is 1. The molecule has 2 rings (SSSR count). The molecule has 0 fully saturated rings. The smallest absolute Gasteiger partial charge is 0.320 e. The molecule has 1 amide bonds. The molecule has 0 aliphatic heterocycles. The lowest BCUT2D eigenvalue weighted by molar-refractivity contribution is -0.385. The van der Waals surface area contributed by atoms with Crippen LogP contribution in [0.2, 0.25) is 0 Å². The number of aromatic nitrogens is 2. The van der Waals surface area contributed by atoms with E-state index in [-0.39, 0.29) is 5.69 Å². The minimum Gasteiger partial charge on any atom is -0.364 e. The Morgan fingerprint density at radius 3 is 2.72 bits per heavy atom. The van der Waals surface area contributed by atoms with Crippen molar-refractivity contribution in [2.75, 3.05) is 0 Å². The van der Waals surface area contributed by atoms with E-state index in [2.05, 4.69) is 21.0 Å². The third-order valence-corrected chi connectivity index (χ3v) is 2.69. The maximum atomic E-state index is 11.1. The van der Waals surface area contributed by atoms with E-state index in [1.807, 2.05) is 0 Å². The summed E-state index contributed by atoms with van der Waals surface area (Å²) in [4.78, 5) is 21.2. The van der Waals surface area contributed by atoms with E-state index >= 15 is 0 Å². The fourth-order valence-electron chi connectivity index (χ4n) is 1.42. The number of nitrogens with zero attached hydrogens (tertiary/aromatic N) is 3. The van der Waals surface area contributed by atoms with Crippen LogP contribution in [0.5, 0.6) is 0 Å². The van der Waals surface area contributed by atoms with Gasteiger partial charge in [-0.3, -0.25) is 14.9 Å². The van der Waals surface area contributed by atoms with Gasteiger partial charge in [0, 0.05) is 4.47 Å². The van der Waals surface area contributed by atoms with Gasteiger partial charge in [0.1, 0.15) is 6.20 Å². The zero-order valence-electron chi connectivity index (χ0n) is 8.91. The molecule has 8 heteroatoms. The van der Waals surface area contributed by atoms with Crippen molar-refractivity contribution in [2.24, 2.45) is 5.73 Å². The van der Waals surface area contributed by atoms with Crippen molar-refractivity contribution in [2.45, 2.75) is 0 Å². The van der Waals surface area contributed by atoms with Crippen molar-refractivity contribution >= 4 is 27.5 Å². The molecule has 2 N–H and O–H groups in total. The summed E-state index contributed by atoms with van der Waals surface area (Å²) in [5.74, 6) is -0.935. The molecule has 0 saturated heterocycles. The molecule has 0 spiro atoms. The summed E-state index contributed by atoms with van der Waals surface area (Å²) < 4.78 is 2.03. The Hall–Kier alpha value is -2.22. The van der Waals surface area contributed by atoms with Gasteiger partial charge in [-0.15, -0.1) is 0 Å². The van der Waals surface area contributed by atoms with E-state index in [1.165, 1.54) is 4.68 Å². The fraction of sp³-hybridized carbons (Fsp3) is 0. The fourth-order valence-corrected chi connectivity index (χ4v) is 1.81. The van der Waals surface area contributed by atoms with Gasteiger partial charge in [0.2, 0.25) is 5.69 Å². The lowest BCUT2D eigenvalue weighted by atomic mass is 10.3. The molecule has 0 atom stereocenters. The van der Waals surface area contributed by atoms with Gasteiger partial charge in [0.05, 0.1) is 10.6 Å². The van der Waals surface area contributed by atoms with Crippen LogP contribution in [-0.2, 0) is 0 Å². The molecular formula is C10H7BrN4O3. The standard InChI is InChI=1S/C10H7BrN4O3/c11-6-2-1-3-7(4-6)14-5-8(15(17)18)9(13-14)10(12)16/h1-5H,(H2,12,16). The van der Waals surface area contributed by atoms with Crippen molar-refractivity contribution in [3.8, 4) is 5.69 Å². The Morgan fingerprint density at radius 2 is 2.22 bits per heavy atom. The summed E-state index contributed by atoms with van der Waals surface area (Å²) in [6, 6.07) is 6.96. The number of hydrogen-bond acceptors (Lipinski definition) is 4. The minimum absolute atomic E-state index is 0.361. The number of carbonyl (C=O) groups is 1. The minimum atomic E-state index is -0.935. The molecule has 0 aliphatic carbocycles. The SMILES string of the molecule is NC(=O)c1nn(-c2cccc(Br)c2)cc1[N+](=O)[O-]. The van der Waals surface area contributed by atoms with Crippen LogP contribution in [0.4, 0.5) is 5.69 Å². The summed E-state index contributed by atoms with van der Waals surface area (Å²) in [7, 11) is 0. The largest absolute Gasteiger partial charge is 0.364 e. The van der Waals surface area contributed by atoms with Crippen LogP contribution >= 0.6 is 15.9 Å². The first-order valence-corrected chi connectivity index (χ1v) is 5.58. The molecule has 1 heterocycles. The van der Waals surface area contributed by atoms with Crippen molar-refractivity contribution in [1.82, 2.24) is 9.78 Å². The van der Waals surface area contributed by atoms with E-state index in [0.717, 1.165) is 10.7 Å². The van der Waals surface area contributed by atoms with E-state index < -0.39 is 16.5 Å². The average Bonchev–Trinajstić information content (AvgIpc) is 2.73. The van der Waals surface area contributed by atoms with Crippen LogP contribution in [0.25, 0.3) is 5.69 Å². The van der Waals surface area contributed by atoms with Gasteiger partial charge >= 0.3 is 5.69 Å². The van der Waals surface area contributed by atoms with Crippen molar-refractivity contribution in [3.63, 3.8) is 0 Å². The summed E-state index contributed by atoms with van der Waals surface area (Å²) >= 11 is 3.28. The van der Waals surface area contributed by atoms with Crippen molar-refractivity contribution < 1.29 is 9.72 Å². The van der Waals surface area contributed by atoms with Gasteiger partial charge in [-0.25, -0.2) is 4.68 Å². The lowest BCUT2D eigenvalue weighted by Crippen LogP contribution is -2.14. The summed E-state index contributed by atoms with van der Waals surface area (Å²) in [6.45, 7) is 0. The Kier molecular flexibility index (Phi) is 3.11. The van der Waals surface area contributed by atoms with Gasteiger partial charge in [0.15, 0.2) is 0 Å². The normalized spacial score (nSPS) is 10.3. The highest BCUT2D eigenvalue weighted by Gasteiger charge is 2.24.